The smallest absolute Gasteiger partial charge is 0.322 e. The number of carbonyl (C=O) groups is 1. The van der Waals surface area contributed by atoms with Gasteiger partial charge in [-0.05, 0) is 24.1 Å². The van der Waals surface area contributed by atoms with E-state index in [1.165, 1.54) is 19.2 Å². The van der Waals surface area contributed by atoms with Gasteiger partial charge >= 0.3 is 5.97 Å². The Bertz CT molecular complexity index is 347. The van der Waals surface area contributed by atoms with Gasteiger partial charge in [0.1, 0.15) is 17.6 Å². The Morgan fingerprint density at radius 3 is 2.80 bits per heavy atom. The predicted molar refractivity (Wildman–Crippen MR) is 51.8 cm³/mol. The van der Waals surface area contributed by atoms with E-state index >= 15 is 0 Å². The molecule has 0 saturated carbocycles. The fraction of sp³-hybridized carbons (Fsp3) is 0.300. The van der Waals surface area contributed by atoms with Crippen molar-refractivity contribution >= 4 is 5.97 Å². The van der Waals surface area contributed by atoms with Crippen molar-refractivity contribution in [1.82, 2.24) is 0 Å². The van der Waals surface area contributed by atoms with Crippen molar-refractivity contribution in [3.8, 4) is 5.75 Å². The fourth-order valence-electron chi connectivity index (χ4n) is 1.24. The van der Waals surface area contributed by atoms with Crippen molar-refractivity contribution in [3.05, 3.63) is 29.6 Å². The molecule has 0 aromatic heterocycles. The van der Waals surface area contributed by atoms with Gasteiger partial charge in [-0.2, -0.15) is 0 Å². The van der Waals surface area contributed by atoms with E-state index in [2.05, 4.69) is 4.74 Å². The quantitative estimate of drug-likeness (QED) is 0.720. The van der Waals surface area contributed by atoms with Crippen LogP contribution in [0.3, 0.4) is 0 Å². The summed E-state index contributed by atoms with van der Waals surface area (Å²) in [4.78, 5) is 11.0. The van der Waals surface area contributed by atoms with Crippen LogP contribution >= 0.6 is 0 Å². The number of aromatic hydroxyl groups is 1. The number of hydrogen-bond donors (Lipinski definition) is 2. The second-order valence-electron chi connectivity index (χ2n) is 3.15. The number of esters is 1. The van der Waals surface area contributed by atoms with E-state index < -0.39 is 17.8 Å². The maximum Gasteiger partial charge on any atom is 0.322 e. The van der Waals surface area contributed by atoms with Crippen molar-refractivity contribution in [1.29, 1.82) is 0 Å². The summed E-state index contributed by atoms with van der Waals surface area (Å²) in [6.45, 7) is 0. The fourth-order valence-corrected chi connectivity index (χ4v) is 1.24. The third kappa shape index (κ3) is 3.21. The summed E-state index contributed by atoms with van der Waals surface area (Å²) in [6, 6.07) is 2.69. The van der Waals surface area contributed by atoms with Crippen LogP contribution < -0.4 is 5.73 Å². The molecule has 0 fully saturated rings. The highest BCUT2D eigenvalue weighted by Crippen LogP contribution is 2.15. The topological polar surface area (TPSA) is 72.5 Å². The molecule has 0 heterocycles. The molecule has 0 amide bonds. The first-order valence-electron chi connectivity index (χ1n) is 4.34. The van der Waals surface area contributed by atoms with Crippen LogP contribution in [0.15, 0.2) is 18.2 Å². The number of ether oxygens (including phenoxy) is 1. The van der Waals surface area contributed by atoms with Gasteiger partial charge in [0.25, 0.3) is 0 Å². The van der Waals surface area contributed by atoms with E-state index in [0.717, 1.165) is 6.07 Å². The average molecular weight is 213 g/mol. The maximum absolute atomic E-state index is 12.8. The van der Waals surface area contributed by atoms with E-state index in [0.29, 0.717) is 5.56 Å². The Kier molecular flexibility index (Phi) is 3.62. The normalized spacial score (nSPS) is 12.2. The van der Waals surface area contributed by atoms with E-state index in [1.807, 2.05) is 0 Å². The molecule has 0 saturated heterocycles. The molecular weight excluding hydrogens is 201 g/mol. The van der Waals surface area contributed by atoms with Crippen LogP contribution in [0.1, 0.15) is 5.56 Å². The molecule has 0 aliphatic heterocycles. The molecule has 82 valence electrons. The molecule has 0 spiro atoms. The summed E-state index contributed by atoms with van der Waals surface area (Å²) in [5.41, 5.74) is 5.93. The highest BCUT2D eigenvalue weighted by Gasteiger charge is 2.14. The number of phenols is 1. The van der Waals surface area contributed by atoms with Gasteiger partial charge in [-0.3, -0.25) is 4.79 Å². The summed E-state index contributed by atoms with van der Waals surface area (Å²) in [5.74, 6) is -1.33. The van der Waals surface area contributed by atoms with Crippen molar-refractivity contribution < 1.29 is 19.0 Å². The van der Waals surface area contributed by atoms with E-state index in [1.54, 1.807) is 0 Å². The van der Waals surface area contributed by atoms with Crippen LogP contribution in [-0.4, -0.2) is 24.2 Å². The first-order valence-corrected chi connectivity index (χ1v) is 4.34. The zero-order chi connectivity index (χ0) is 11.4. The molecule has 0 aliphatic rings. The molecule has 1 unspecified atom stereocenters. The Morgan fingerprint density at radius 1 is 1.60 bits per heavy atom. The van der Waals surface area contributed by atoms with Crippen LogP contribution in [0.5, 0.6) is 5.75 Å². The second kappa shape index (κ2) is 4.75. The van der Waals surface area contributed by atoms with Crippen molar-refractivity contribution in [2.24, 2.45) is 5.73 Å². The van der Waals surface area contributed by atoms with Gasteiger partial charge < -0.3 is 15.6 Å². The number of methoxy groups -OCH3 is 1. The lowest BCUT2D eigenvalue weighted by Gasteiger charge is -2.09. The van der Waals surface area contributed by atoms with Gasteiger partial charge in [-0.1, -0.05) is 0 Å². The lowest BCUT2D eigenvalue weighted by Crippen LogP contribution is -2.33. The first-order chi connectivity index (χ1) is 7.02. The lowest BCUT2D eigenvalue weighted by atomic mass is 10.1. The highest BCUT2D eigenvalue weighted by atomic mass is 19.1. The summed E-state index contributed by atoms with van der Waals surface area (Å²) < 4.78 is 17.3. The molecule has 5 heteroatoms. The summed E-state index contributed by atoms with van der Waals surface area (Å²) in [6.07, 6.45) is 0.123. The second-order valence-corrected chi connectivity index (χ2v) is 3.15. The van der Waals surface area contributed by atoms with Crippen molar-refractivity contribution in [3.63, 3.8) is 0 Å². The number of halogens is 1. The van der Waals surface area contributed by atoms with Gasteiger partial charge in [0.05, 0.1) is 7.11 Å². The summed E-state index contributed by atoms with van der Waals surface area (Å²) >= 11 is 0. The van der Waals surface area contributed by atoms with E-state index in [-0.39, 0.29) is 12.2 Å². The Morgan fingerprint density at radius 2 is 2.27 bits per heavy atom. The van der Waals surface area contributed by atoms with Crippen LogP contribution in [-0.2, 0) is 16.0 Å². The molecule has 0 bridgehead atoms. The van der Waals surface area contributed by atoms with E-state index in [9.17, 15) is 9.18 Å². The van der Waals surface area contributed by atoms with Crippen molar-refractivity contribution in [2.75, 3.05) is 7.11 Å². The molecule has 3 N–H and O–H groups in total. The molecule has 0 radical (unpaired) electrons. The summed E-state index contributed by atoms with van der Waals surface area (Å²) in [7, 11) is 1.23. The molecule has 4 nitrogen and oxygen atoms in total. The molecule has 0 aliphatic carbocycles. The Hall–Kier alpha value is -1.62. The largest absolute Gasteiger partial charge is 0.508 e. The Labute approximate surface area is 86.5 Å². The average Bonchev–Trinajstić information content (AvgIpc) is 2.14. The van der Waals surface area contributed by atoms with Gasteiger partial charge in [-0.25, -0.2) is 4.39 Å². The highest BCUT2D eigenvalue weighted by molar-refractivity contribution is 5.75. The van der Waals surface area contributed by atoms with E-state index in [4.69, 9.17) is 10.8 Å². The van der Waals surface area contributed by atoms with Crippen LogP contribution in [0.25, 0.3) is 0 Å². The number of phenolic OH excluding ortho intramolecular Hbond substituents is 1. The molecule has 1 rings (SSSR count). The molecular formula is C10H12FNO3. The summed E-state index contributed by atoms with van der Waals surface area (Å²) in [5, 5.41) is 9.11. The number of rotatable bonds is 3. The van der Waals surface area contributed by atoms with Gasteiger partial charge in [-0.15, -0.1) is 0 Å². The minimum Gasteiger partial charge on any atom is -0.508 e. The number of nitrogens with two attached hydrogens (primary N) is 1. The molecule has 15 heavy (non-hydrogen) atoms. The molecule has 1 atom stereocenters. The third-order valence-corrected chi connectivity index (χ3v) is 1.90. The minimum absolute atomic E-state index is 0.123. The van der Waals surface area contributed by atoms with Crippen molar-refractivity contribution in [2.45, 2.75) is 12.5 Å². The zero-order valence-electron chi connectivity index (χ0n) is 8.24. The maximum atomic E-state index is 12.8. The molecule has 1 aromatic carbocycles. The standard InChI is InChI=1S/C10H12FNO3/c1-15-10(14)9(12)4-6-2-7(11)5-8(13)3-6/h2-3,5,9,13H,4,12H2,1H3. The number of hydrogen-bond acceptors (Lipinski definition) is 4. The number of carbonyl (C=O) groups excluding carboxylic acids is 1. The van der Waals surface area contributed by atoms with Crippen LogP contribution in [0.2, 0.25) is 0 Å². The van der Waals surface area contributed by atoms with Crippen LogP contribution in [0, 0.1) is 5.82 Å². The molecule has 1 aromatic rings. The number of benzene rings is 1. The third-order valence-electron chi connectivity index (χ3n) is 1.90. The monoisotopic (exact) mass is 213 g/mol. The first kappa shape index (κ1) is 11.5. The SMILES string of the molecule is COC(=O)C(N)Cc1cc(O)cc(F)c1. The Balaban J connectivity index is 2.76. The predicted octanol–water partition coefficient (Wildman–Crippen LogP) is 0.574. The van der Waals surface area contributed by atoms with Crippen LogP contribution in [0.4, 0.5) is 4.39 Å². The minimum atomic E-state index is -0.851. The zero-order valence-corrected chi connectivity index (χ0v) is 8.24. The van der Waals surface area contributed by atoms with Gasteiger partial charge in [0, 0.05) is 6.07 Å². The van der Waals surface area contributed by atoms with Gasteiger partial charge in [0.15, 0.2) is 0 Å². The van der Waals surface area contributed by atoms with Gasteiger partial charge in [0.2, 0.25) is 0 Å². The lowest BCUT2D eigenvalue weighted by molar-refractivity contribution is -0.142.